The van der Waals surface area contributed by atoms with Gasteiger partial charge in [-0.15, -0.1) is 0 Å². The molecular weight excluding hydrogens is 272 g/mol. The number of nitrogens with two attached hydrogens (primary N) is 1. The molecule has 0 saturated carbocycles. The first-order valence-electron chi connectivity index (χ1n) is 4.03. The van der Waals surface area contributed by atoms with Crippen LogP contribution in [0.1, 0.15) is 5.56 Å². The molecule has 0 aliphatic carbocycles. The van der Waals surface area contributed by atoms with Gasteiger partial charge >= 0.3 is 5.97 Å². The molecular formula is C9H8BrF2NO2. The first-order chi connectivity index (χ1) is 6.91. The summed E-state index contributed by atoms with van der Waals surface area (Å²) in [6, 6.07) is 0.941. The lowest BCUT2D eigenvalue weighted by molar-refractivity contribution is -0.138. The first kappa shape index (κ1) is 12.1. The molecule has 6 heteroatoms. The molecule has 0 spiro atoms. The van der Waals surface area contributed by atoms with Crippen LogP contribution in [-0.4, -0.2) is 17.1 Å². The van der Waals surface area contributed by atoms with Gasteiger partial charge < -0.3 is 10.8 Å². The summed E-state index contributed by atoms with van der Waals surface area (Å²) in [7, 11) is 0. The van der Waals surface area contributed by atoms with Gasteiger partial charge in [-0.25, -0.2) is 8.78 Å². The van der Waals surface area contributed by atoms with E-state index in [1.165, 1.54) is 0 Å². The van der Waals surface area contributed by atoms with E-state index in [1.54, 1.807) is 0 Å². The Bertz CT molecular complexity index is 375. The minimum Gasteiger partial charge on any atom is -0.480 e. The second-order valence-electron chi connectivity index (χ2n) is 3.02. The van der Waals surface area contributed by atoms with E-state index in [4.69, 9.17) is 10.8 Å². The Morgan fingerprint density at radius 2 is 1.93 bits per heavy atom. The van der Waals surface area contributed by atoms with Crippen molar-refractivity contribution >= 4 is 21.9 Å². The van der Waals surface area contributed by atoms with Crippen molar-refractivity contribution in [1.29, 1.82) is 0 Å². The van der Waals surface area contributed by atoms with Gasteiger partial charge in [-0.3, -0.25) is 4.79 Å². The molecule has 0 saturated heterocycles. The molecule has 1 atom stereocenters. The van der Waals surface area contributed by atoms with Gasteiger partial charge in [0.2, 0.25) is 0 Å². The average molecular weight is 280 g/mol. The highest BCUT2D eigenvalue weighted by molar-refractivity contribution is 9.10. The van der Waals surface area contributed by atoms with Crippen LogP contribution in [-0.2, 0) is 11.2 Å². The number of benzene rings is 1. The van der Waals surface area contributed by atoms with E-state index in [0.29, 0.717) is 0 Å². The van der Waals surface area contributed by atoms with Crippen molar-refractivity contribution in [3.8, 4) is 0 Å². The lowest BCUT2D eigenvalue weighted by Gasteiger charge is -2.07. The van der Waals surface area contributed by atoms with Crippen LogP contribution in [0, 0.1) is 11.6 Å². The summed E-state index contributed by atoms with van der Waals surface area (Å²) >= 11 is 2.71. The quantitative estimate of drug-likeness (QED) is 0.828. The highest BCUT2D eigenvalue weighted by Crippen LogP contribution is 2.21. The summed E-state index contributed by atoms with van der Waals surface area (Å²) in [6.45, 7) is 0. The monoisotopic (exact) mass is 279 g/mol. The smallest absolute Gasteiger partial charge is 0.320 e. The minimum atomic E-state index is -1.21. The number of aliphatic carboxylic acids is 1. The predicted molar refractivity (Wildman–Crippen MR) is 53.4 cm³/mol. The maximum Gasteiger partial charge on any atom is 0.320 e. The van der Waals surface area contributed by atoms with Crippen molar-refractivity contribution in [3.05, 3.63) is 33.8 Å². The van der Waals surface area contributed by atoms with Crippen LogP contribution in [0.3, 0.4) is 0 Å². The van der Waals surface area contributed by atoms with Crippen molar-refractivity contribution in [3.63, 3.8) is 0 Å². The fraction of sp³-hybridized carbons (Fsp3) is 0.222. The SMILES string of the molecule is NC(Cc1cc(F)c(Br)c(F)c1)C(=O)O. The topological polar surface area (TPSA) is 63.3 Å². The number of carboxylic acid groups (broad SMARTS) is 1. The van der Waals surface area contributed by atoms with Crippen molar-refractivity contribution in [2.24, 2.45) is 5.73 Å². The number of halogens is 3. The number of hydrogen-bond acceptors (Lipinski definition) is 2. The summed E-state index contributed by atoms with van der Waals surface area (Å²) in [6.07, 6.45) is -0.115. The van der Waals surface area contributed by atoms with Crippen molar-refractivity contribution < 1.29 is 18.7 Å². The molecule has 82 valence electrons. The fourth-order valence-electron chi connectivity index (χ4n) is 1.07. The zero-order valence-corrected chi connectivity index (χ0v) is 9.09. The number of carboxylic acids is 1. The molecule has 0 bridgehead atoms. The molecule has 1 unspecified atom stereocenters. The van der Waals surface area contributed by atoms with Gasteiger partial charge in [0.25, 0.3) is 0 Å². The highest BCUT2D eigenvalue weighted by atomic mass is 79.9. The Labute approximate surface area is 93.0 Å². The Morgan fingerprint density at radius 1 is 1.47 bits per heavy atom. The van der Waals surface area contributed by atoms with Gasteiger partial charge in [-0.1, -0.05) is 0 Å². The summed E-state index contributed by atoms with van der Waals surface area (Å²) < 4.78 is 25.8. The van der Waals surface area contributed by atoms with Crippen LogP contribution >= 0.6 is 15.9 Å². The molecule has 0 aliphatic rings. The Morgan fingerprint density at radius 3 is 2.33 bits per heavy atom. The van der Waals surface area contributed by atoms with Crippen LogP contribution in [0.15, 0.2) is 16.6 Å². The lowest BCUT2D eigenvalue weighted by Crippen LogP contribution is -2.32. The van der Waals surface area contributed by atoms with Crippen LogP contribution in [0.5, 0.6) is 0 Å². The van der Waals surface area contributed by atoms with E-state index in [0.717, 1.165) is 12.1 Å². The second kappa shape index (κ2) is 4.67. The van der Waals surface area contributed by atoms with Crippen LogP contribution in [0.25, 0.3) is 0 Å². The lowest BCUT2D eigenvalue weighted by atomic mass is 10.1. The zero-order valence-electron chi connectivity index (χ0n) is 7.51. The Kier molecular flexibility index (Phi) is 3.76. The summed E-state index contributed by atoms with van der Waals surface area (Å²) in [5, 5.41) is 8.51. The van der Waals surface area contributed by atoms with E-state index < -0.39 is 23.6 Å². The fourth-order valence-corrected chi connectivity index (χ4v) is 1.30. The van der Waals surface area contributed by atoms with E-state index >= 15 is 0 Å². The summed E-state index contributed by atoms with van der Waals surface area (Å²) in [5.74, 6) is -2.76. The average Bonchev–Trinajstić information content (AvgIpc) is 2.13. The van der Waals surface area contributed by atoms with Crippen LogP contribution < -0.4 is 5.73 Å². The third-order valence-electron chi connectivity index (χ3n) is 1.82. The van der Waals surface area contributed by atoms with E-state index in [2.05, 4.69) is 15.9 Å². The molecule has 1 rings (SSSR count). The second-order valence-corrected chi connectivity index (χ2v) is 3.82. The molecule has 0 aliphatic heterocycles. The van der Waals surface area contributed by atoms with Gasteiger partial charge in [0.15, 0.2) is 0 Å². The number of carbonyl (C=O) groups is 1. The van der Waals surface area contributed by atoms with Crippen LogP contribution in [0.2, 0.25) is 0 Å². The van der Waals surface area contributed by atoms with Crippen molar-refractivity contribution in [2.75, 3.05) is 0 Å². The molecule has 0 heterocycles. The normalized spacial score (nSPS) is 12.5. The van der Waals surface area contributed by atoms with Gasteiger partial charge in [0.05, 0.1) is 4.47 Å². The molecule has 1 aromatic rings. The number of rotatable bonds is 3. The van der Waals surface area contributed by atoms with Gasteiger partial charge in [0.1, 0.15) is 17.7 Å². The molecule has 15 heavy (non-hydrogen) atoms. The van der Waals surface area contributed by atoms with Crippen molar-refractivity contribution in [2.45, 2.75) is 12.5 Å². The number of hydrogen-bond donors (Lipinski definition) is 2. The summed E-state index contributed by atoms with van der Waals surface area (Å²) in [4.78, 5) is 10.4. The molecule has 0 aromatic heterocycles. The highest BCUT2D eigenvalue weighted by Gasteiger charge is 2.15. The molecule has 0 amide bonds. The predicted octanol–water partition coefficient (Wildman–Crippen LogP) is 1.68. The minimum absolute atomic E-state index is 0.115. The van der Waals surface area contributed by atoms with E-state index in [-0.39, 0.29) is 16.5 Å². The Hall–Kier alpha value is -1.01. The third kappa shape index (κ3) is 2.97. The van der Waals surface area contributed by atoms with Gasteiger partial charge in [0, 0.05) is 0 Å². The molecule has 3 nitrogen and oxygen atoms in total. The first-order valence-corrected chi connectivity index (χ1v) is 4.83. The third-order valence-corrected chi connectivity index (χ3v) is 2.57. The molecule has 1 aromatic carbocycles. The Balaban J connectivity index is 2.92. The maximum atomic E-state index is 13.0. The van der Waals surface area contributed by atoms with Crippen LogP contribution in [0.4, 0.5) is 8.78 Å². The van der Waals surface area contributed by atoms with E-state index in [9.17, 15) is 13.6 Å². The zero-order chi connectivity index (χ0) is 11.6. The van der Waals surface area contributed by atoms with Gasteiger partial charge in [-0.2, -0.15) is 0 Å². The van der Waals surface area contributed by atoms with Gasteiger partial charge in [-0.05, 0) is 40.0 Å². The van der Waals surface area contributed by atoms with Crippen molar-refractivity contribution in [1.82, 2.24) is 0 Å². The molecule has 3 N–H and O–H groups in total. The largest absolute Gasteiger partial charge is 0.480 e. The standard InChI is InChI=1S/C9H8BrF2NO2/c10-8-5(11)1-4(2-6(8)12)3-7(13)9(14)15/h1-2,7H,3,13H2,(H,14,15). The summed E-state index contributed by atoms with van der Waals surface area (Å²) in [5.41, 5.74) is 5.44. The maximum absolute atomic E-state index is 13.0. The molecule has 0 fully saturated rings. The molecule has 0 radical (unpaired) electrons. The van der Waals surface area contributed by atoms with E-state index in [1.807, 2.05) is 0 Å².